The summed E-state index contributed by atoms with van der Waals surface area (Å²) in [6.45, 7) is 4.87. The fourth-order valence-electron chi connectivity index (χ4n) is 1.23. The SMILES string of the molecule is Br.Br.CCCCOC(=O)C(N)CSSCC(N)C(=O)OCCCC. The van der Waals surface area contributed by atoms with Crippen molar-refractivity contribution in [2.75, 3.05) is 24.7 Å². The Morgan fingerprint density at radius 1 is 0.833 bits per heavy atom. The zero-order chi connectivity index (χ0) is 16.8. The van der Waals surface area contributed by atoms with Crippen molar-refractivity contribution in [3.05, 3.63) is 0 Å². The summed E-state index contributed by atoms with van der Waals surface area (Å²) in [5, 5.41) is 0. The maximum atomic E-state index is 11.5. The summed E-state index contributed by atoms with van der Waals surface area (Å²) in [5.41, 5.74) is 11.5. The average Bonchev–Trinajstić information content (AvgIpc) is 2.51. The minimum absolute atomic E-state index is 0. The van der Waals surface area contributed by atoms with Gasteiger partial charge >= 0.3 is 11.9 Å². The molecule has 0 spiro atoms. The van der Waals surface area contributed by atoms with Crippen LogP contribution in [0.25, 0.3) is 0 Å². The molecule has 0 aromatic heterocycles. The quantitative estimate of drug-likeness (QED) is 0.220. The van der Waals surface area contributed by atoms with Crippen LogP contribution in [0.3, 0.4) is 0 Å². The van der Waals surface area contributed by atoms with Crippen LogP contribution in [-0.4, -0.2) is 48.7 Å². The Balaban J connectivity index is -0.00000220. The Morgan fingerprint density at radius 2 is 1.17 bits per heavy atom. The standard InChI is InChI=1S/C14H28N2O4S2.2BrH/c1-3-5-7-19-13(17)11(15)9-21-22-10-12(16)14(18)20-8-6-4-2;;/h11-12H,3-10,15-16H2,1-2H3;2*1H. The second-order valence-corrected chi connectivity index (χ2v) is 7.38. The second-order valence-electron chi connectivity index (χ2n) is 4.82. The molecule has 146 valence electrons. The van der Waals surface area contributed by atoms with Crippen LogP contribution < -0.4 is 11.5 Å². The van der Waals surface area contributed by atoms with Crippen LogP contribution >= 0.6 is 55.6 Å². The van der Waals surface area contributed by atoms with Crippen molar-refractivity contribution < 1.29 is 19.1 Å². The number of ether oxygens (including phenoxy) is 2. The number of carbonyl (C=O) groups excluding carboxylic acids is 2. The average molecular weight is 514 g/mol. The highest BCUT2D eigenvalue weighted by Gasteiger charge is 2.17. The van der Waals surface area contributed by atoms with Gasteiger partial charge in [0.15, 0.2) is 0 Å². The number of hydrogen-bond acceptors (Lipinski definition) is 8. The Labute approximate surface area is 173 Å². The van der Waals surface area contributed by atoms with E-state index in [1.807, 2.05) is 13.8 Å². The summed E-state index contributed by atoms with van der Waals surface area (Å²) in [4.78, 5) is 23.1. The largest absolute Gasteiger partial charge is 0.465 e. The summed E-state index contributed by atoms with van der Waals surface area (Å²) < 4.78 is 10.1. The van der Waals surface area contributed by atoms with Crippen LogP contribution in [0.5, 0.6) is 0 Å². The van der Waals surface area contributed by atoms with Gasteiger partial charge in [0, 0.05) is 11.5 Å². The van der Waals surface area contributed by atoms with Gasteiger partial charge in [-0.15, -0.1) is 34.0 Å². The Hall–Kier alpha value is 0.520. The molecule has 0 radical (unpaired) electrons. The molecule has 24 heavy (non-hydrogen) atoms. The van der Waals surface area contributed by atoms with E-state index in [-0.39, 0.29) is 45.9 Å². The van der Waals surface area contributed by atoms with Crippen LogP contribution in [0.1, 0.15) is 39.5 Å². The highest BCUT2D eigenvalue weighted by Crippen LogP contribution is 2.22. The molecule has 0 bridgehead atoms. The maximum absolute atomic E-state index is 11.5. The van der Waals surface area contributed by atoms with E-state index in [0.29, 0.717) is 24.7 Å². The molecule has 0 rings (SSSR count). The highest BCUT2D eigenvalue weighted by molar-refractivity contribution is 8.93. The zero-order valence-corrected chi connectivity index (χ0v) is 19.3. The lowest BCUT2D eigenvalue weighted by atomic mass is 10.3. The van der Waals surface area contributed by atoms with Crippen molar-refractivity contribution in [2.45, 2.75) is 51.6 Å². The monoisotopic (exact) mass is 512 g/mol. The Bertz CT molecular complexity index is 299. The maximum Gasteiger partial charge on any atom is 0.323 e. The van der Waals surface area contributed by atoms with Gasteiger partial charge < -0.3 is 20.9 Å². The third kappa shape index (κ3) is 16.0. The third-order valence-corrected chi connectivity index (χ3v) is 5.14. The lowest BCUT2D eigenvalue weighted by Crippen LogP contribution is -2.35. The molecule has 10 heteroatoms. The molecule has 2 atom stereocenters. The normalized spacial score (nSPS) is 12.3. The number of halogens is 2. The molecule has 0 aliphatic heterocycles. The molecular weight excluding hydrogens is 484 g/mol. The van der Waals surface area contributed by atoms with E-state index in [0.717, 1.165) is 25.7 Å². The number of unbranched alkanes of at least 4 members (excludes halogenated alkanes) is 2. The minimum atomic E-state index is -0.651. The van der Waals surface area contributed by atoms with E-state index in [1.165, 1.54) is 21.6 Å². The van der Waals surface area contributed by atoms with E-state index in [4.69, 9.17) is 20.9 Å². The van der Waals surface area contributed by atoms with E-state index in [9.17, 15) is 9.59 Å². The first-order valence-electron chi connectivity index (χ1n) is 7.61. The predicted octanol–water partition coefficient (Wildman–Crippen LogP) is 2.86. The van der Waals surface area contributed by atoms with E-state index >= 15 is 0 Å². The summed E-state index contributed by atoms with van der Waals surface area (Å²) in [7, 11) is 2.81. The first kappa shape index (κ1) is 29.3. The predicted molar refractivity (Wildman–Crippen MR) is 113 cm³/mol. The lowest BCUT2D eigenvalue weighted by molar-refractivity contribution is -0.145. The summed E-state index contributed by atoms with van der Waals surface area (Å²) in [6, 6.07) is -1.30. The summed E-state index contributed by atoms with van der Waals surface area (Å²) >= 11 is 0. The molecule has 0 aliphatic carbocycles. The second kappa shape index (κ2) is 19.8. The van der Waals surface area contributed by atoms with Crippen LogP contribution in [0.15, 0.2) is 0 Å². The van der Waals surface area contributed by atoms with Gasteiger partial charge in [-0.3, -0.25) is 9.59 Å². The molecule has 0 aromatic rings. The van der Waals surface area contributed by atoms with Crippen molar-refractivity contribution >= 4 is 67.5 Å². The van der Waals surface area contributed by atoms with Crippen LogP contribution in [0.4, 0.5) is 0 Å². The fraction of sp³-hybridized carbons (Fsp3) is 0.857. The van der Waals surface area contributed by atoms with Crippen molar-refractivity contribution in [2.24, 2.45) is 11.5 Å². The molecule has 0 amide bonds. The van der Waals surface area contributed by atoms with Crippen molar-refractivity contribution in [1.29, 1.82) is 0 Å². The number of carbonyl (C=O) groups is 2. The Kier molecular flexibility index (Phi) is 24.2. The first-order chi connectivity index (χ1) is 10.5. The van der Waals surface area contributed by atoms with Gasteiger partial charge in [-0.25, -0.2) is 0 Å². The molecule has 0 heterocycles. The Morgan fingerprint density at radius 3 is 1.46 bits per heavy atom. The smallest absolute Gasteiger partial charge is 0.323 e. The van der Waals surface area contributed by atoms with Gasteiger partial charge in [-0.05, 0) is 12.8 Å². The van der Waals surface area contributed by atoms with Gasteiger partial charge in [-0.1, -0.05) is 48.3 Å². The molecule has 0 saturated heterocycles. The summed E-state index contributed by atoms with van der Waals surface area (Å²) in [6.07, 6.45) is 3.63. The first-order valence-corrected chi connectivity index (χ1v) is 10.1. The highest BCUT2D eigenvalue weighted by atomic mass is 79.9. The third-order valence-electron chi connectivity index (χ3n) is 2.67. The number of esters is 2. The fourth-order valence-corrected chi connectivity index (χ4v) is 3.44. The van der Waals surface area contributed by atoms with Crippen molar-refractivity contribution in [3.8, 4) is 0 Å². The molecule has 6 nitrogen and oxygen atoms in total. The van der Waals surface area contributed by atoms with Gasteiger partial charge in [0.1, 0.15) is 12.1 Å². The molecule has 0 fully saturated rings. The lowest BCUT2D eigenvalue weighted by Gasteiger charge is -2.12. The molecule has 0 aliphatic rings. The molecule has 0 aromatic carbocycles. The van der Waals surface area contributed by atoms with E-state index in [2.05, 4.69) is 0 Å². The van der Waals surface area contributed by atoms with Crippen molar-refractivity contribution in [3.63, 3.8) is 0 Å². The van der Waals surface area contributed by atoms with Crippen LogP contribution in [0, 0.1) is 0 Å². The molecule has 0 saturated carbocycles. The van der Waals surface area contributed by atoms with E-state index in [1.54, 1.807) is 0 Å². The molecule has 4 N–H and O–H groups in total. The van der Waals surface area contributed by atoms with Gasteiger partial charge in [0.2, 0.25) is 0 Å². The van der Waals surface area contributed by atoms with Crippen LogP contribution in [0.2, 0.25) is 0 Å². The number of rotatable bonds is 13. The van der Waals surface area contributed by atoms with Gasteiger partial charge in [-0.2, -0.15) is 0 Å². The van der Waals surface area contributed by atoms with E-state index < -0.39 is 12.1 Å². The molecular formula is C14H30Br2N2O4S2. The van der Waals surface area contributed by atoms with Gasteiger partial charge in [0.05, 0.1) is 13.2 Å². The summed E-state index contributed by atoms with van der Waals surface area (Å²) in [5.74, 6) is 0.0788. The van der Waals surface area contributed by atoms with Gasteiger partial charge in [0.25, 0.3) is 0 Å². The molecule has 2 unspecified atom stereocenters. The number of nitrogens with two attached hydrogens (primary N) is 2. The number of hydrogen-bond donors (Lipinski definition) is 2. The van der Waals surface area contributed by atoms with Crippen molar-refractivity contribution in [1.82, 2.24) is 0 Å². The van der Waals surface area contributed by atoms with Crippen LogP contribution in [-0.2, 0) is 19.1 Å². The minimum Gasteiger partial charge on any atom is -0.465 e. The zero-order valence-electron chi connectivity index (χ0n) is 14.2. The topological polar surface area (TPSA) is 105 Å².